The van der Waals surface area contributed by atoms with Crippen LogP contribution in [0.4, 0.5) is 11.5 Å². The minimum atomic E-state index is -0.185. The number of nitrogen functional groups attached to an aromatic ring is 1. The summed E-state index contributed by atoms with van der Waals surface area (Å²) < 4.78 is 5.80. The van der Waals surface area contributed by atoms with E-state index in [1.807, 2.05) is 72.8 Å². The van der Waals surface area contributed by atoms with Gasteiger partial charge in [0.15, 0.2) is 0 Å². The molecule has 1 amide bonds. The van der Waals surface area contributed by atoms with Crippen LogP contribution in [0.1, 0.15) is 15.9 Å². The molecule has 138 valence electrons. The molecule has 5 nitrogen and oxygen atoms in total. The number of fused-ring (bicyclic) bond motifs is 1. The van der Waals surface area contributed by atoms with Crippen LogP contribution in [-0.4, -0.2) is 10.9 Å². The molecule has 0 saturated heterocycles. The maximum atomic E-state index is 12.8. The van der Waals surface area contributed by atoms with Gasteiger partial charge in [0.25, 0.3) is 5.91 Å². The van der Waals surface area contributed by atoms with Crippen molar-refractivity contribution in [3.8, 4) is 5.75 Å². The number of benzene rings is 3. The minimum Gasteiger partial charge on any atom is -0.489 e. The second-order valence-corrected chi connectivity index (χ2v) is 6.36. The van der Waals surface area contributed by atoms with Crippen LogP contribution in [0.5, 0.6) is 5.75 Å². The van der Waals surface area contributed by atoms with Gasteiger partial charge in [0.2, 0.25) is 0 Å². The van der Waals surface area contributed by atoms with Crippen LogP contribution in [0.15, 0.2) is 84.9 Å². The van der Waals surface area contributed by atoms with E-state index in [1.54, 1.807) is 12.1 Å². The predicted octanol–water partition coefficient (Wildman–Crippen LogP) is 4.65. The van der Waals surface area contributed by atoms with Crippen LogP contribution in [0.2, 0.25) is 0 Å². The summed E-state index contributed by atoms with van der Waals surface area (Å²) in [5.74, 6) is 1.05. The van der Waals surface area contributed by atoms with Gasteiger partial charge in [-0.05, 0) is 48.5 Å². The van der Waals surface area contributed by atoms with Crippen molar-refractivity contribution in [1.29, 1.82) is 0 Å². The van der Waals surface area contributed by atoms with Crippen LogP contribution >= 0.6 is 0 Å². The molecule has 3 aromatic carbocycles. The van der Waals surface area contributed by atoms with Crippen molar-refractivity contribution in [2.45, 2.75) is 6.61 Å². The number of pyridine rings is 1. The average Bonchev–Trinajstić information content (AvgIpc) is 2.73. The molecule has 3 N–H and O–H groups in total. The highest BCUT2D eigenvalue weighted by Gasteiger charge is 2.12. The number of carbonyl (C=O) groups excluding carboxylic acids is 1. The number of nitrogens with two attached hydrogens (primary N) is 1. The topological polar surface area (TPSA) is 77.2 Å². The summed E-state index contributed by atoms with van der Waals surface area (Å²) in [6.07, 6.45) is 0. The number of hydrogen-bond acceptors (Lipinski definition) is 4. The zero-order valence-corrected chi connectivity index (χ0v) is 15.1. The summed E-state index contributed by atoms with van der Waals surface area (Å²) in [4.78, 5) is 17.1. The molecule has 0 bridgehead atoms. The largest absolute Gasteiger partial charge is 0.489 e. The molecule has 0 aliphatic carbocycles. The Hall–Kier alpha value is -3.86. The van der Waals surface area contributed by atoms with Crippen LogP contribution in [0.3, 0.4) is 0 Å². The van der Waals surface area contributed by atoms with E-state index in [1.165, 1.54) is 0 Å². The molecule has 0 fully saturated rings. The highest BCUT2D eigenvalue weighted by atomic mass is 16.5. The van der Waals surface area contributed by atoms with Crippen LogP contribution in [0, 0.1) is 0 Å². The number of carbonyl (C=O) groups is 1. The molecule has 0 spiro atoms. The fourth-order valence-electron chi connectivity index (χ4n) is 2.96. The molecule has 0 saturated carbocycles. The van der Waals surface area contributed by atoms with Crippen molar-refractivity contribution in [3.05, 3.63) is 96.1 Å². The Morgan fingerprint density at radius 3 is 2.57 bits per heavy atom. The fraction of sp³-hybridized carbons (Fsp3) is 0.0435. The van der Waals surface area contributed by atoms with E-state index in [9.17, 15) is 4.79 Å². The quantitative estimate of drug-likeness (QED) is 0.537. The zero-order valence-electron chi connectivity index (χ0n) is 15.1. The normalized spacial score (nSPS) is 10.6. The van der Waals surface area contributed by atoms with Gasteiger partial charge in [0.1, 0.15) is 18.2 Å². The molecule has 28 heavy (non-hydrogen) atoms. The summed E-state index contributed by atoms with van der Waals surface area (Å²) in [6.45, 7) is 0.314. The van der Waals surface area contributed by atoms with E-state index in [0.29, 0.717) is 23.7 Å². The second-order valence-electron chi connectivity index (χ2n) is 6.36. The Labute approximate surface area is 162 Å². The lowest BCUT2D eigenvalue weighted by Gasteiger charge is -2.12. The molecule has 1 aromatic heterocycles. The summed E-state index contributed by atoms with van der Waals surface area (Å²) >= 11 is 0. The highest BCUT2D eigenvalue weighted by molar-refractivity contribution is 6.06. The SMILES string of the molecule is Nc1ccc2cc(NC(=O)c3ccccc3COc3ccccc3)ccc2n1. The van der Waals surface area contributed by atoms with Gasteiger partial charge >= 0.3 is 0 Å². The number of anilines is 2. The lowest BCUT2D eigenvalue weighted by Crippen LogP contribution is -2.15. The van der Waals surface area contributed by atoms with Crippen LogP contribution in [0.25, 0.3) is 10.9 Å². The molecule has 0 aliphatic rings. The molecule has 0 unspecified atom stereocenters. The number of aromatic nitrogens is 1. The standard InChI is InChI=1S/C23H19N3O2/c24-22-13-10-16-14-18(11-12-21(16)26-22)25-23(27)20-9-5-4-6-17(20)15-28-19-7-2-1-3-8-19/h1-14H,15H2,(H2,24,26)(H,25,27). The summed E-state index contributed by atoms with van der Waals surface area (Å²) in [6, 6.07) is 26.1. The third-order valence-corrected chi connectivity index (χ3v) is 4.37. The lowest BCUT2D eigenvalue weighted by molar-refractivity contribution is 0.102. The molecule has 0 radical (unpaired) electrons. The smallest absolute Gasteiger partial charge is 0.256 e. The molecule has 4 aromatic rings. The summed E-state index contributed by atoms with van der Waals surface area (Å²) in [5, 5.41) is 3.86. The number of para-hydroxylation sites is 1. The first-order valence-electron chi connectivity index (χ1n) is 8.92. The third kappa shape index (κ3) is 3.94. The Bertz CT molecular complexity index is 1130. The zero-order chi connectivity index (χ0) is 19.3. The minimum absolute atomic E-state index is 0.185. The number of nitrogens with one attached hydrogen (secondary N) is 1. The van der Waals surface area contributed by atoms with Crippen molar-refractivity contribution in [2.24, 2.45) is 0 Å². The van der Waals surface area contributed by atoms with Gasteiger partial charge < -0.3 is 15.8 Å². The second kappa shape index (κ2) is 7.80. The average molecular weight is 369 g/mol. The Morgan fingerprint density at radius 1 is 0.929 bits per heavy atom. The van der Waals surface area contributed by atoms with Gasteiger partial charge in [0.05, 0.1) is 5.52 Å². The van der Waals surface area contributed by atoms with E-state index in [-0.39, 0.29) is 5.91 Å². The Balaban J connectivity index is 1.52. The molecule has 5 heteroatoms. The predicted molar refractivity (Wildman–Crippen MR) is 111 cm³/mol. The van der Waals surface area contributed by atoms with Crippen molar-refractivity contribution < 1.29 is 9.53 Å². The molecular formula is C23H19N3O2. The van der Waals surface area contributed by atoms with E-state index in [0.717, 1.165) is 22.2 Å². The van der Waals surface area contributed by atoms with Gasteiger partial charge in [-0.2, -0.15) is 0 Å². The third-order valence-electron chi connectivity index (χ3n) is 4.37. The van der Waals surface area contributed by atoms with Gasteiger partial charge in [-0.3, -0.25) is 4.79 Å². The fourth-order valence-corrected chi connectivity index (χ4v) is 2.96. The van der Waals surface area contributed by atoms with E-state index in [2.05, 4.69) is 10.3 Å². The maximum Gasteiger partial charge on any atom is 0.256 e. The number of amides is 1. The number of hydrogen-bond donors (Lipinski definition) is 2. The van der Waals surface area contributed by atoms with E-state index < -0.39 is 0 Å². The molecular weight excluding hydrogens is 350 g/mol. The van der Waals surface area contributed by atoms with Crippen LogP contribution < -0.4 is 15.8 Å². The van der Waals surface area contributed by atoms with Gasteiger partial charge in [0, 0.05) is 22.2 Å². The first-order chi connectivity index (χ1) is 13.7. The van der Waals surface area contributed by atoms with Crippen molar-refractivity contribution in [1.82, 2.24) is 4.98 Å². The maximum absolute atomic E-state index is 12.8. The summed E-state index contributed by atoms with van der Waals surface area (Å²) in [7, 11) is 0. The van der Waals surface area contributed by atoms with Crippen LogP contribution in [-0.2, 0) is 6.61 Å². The number of nitrogens with zero attached hydrogens (tertiary/aromatic N) is 1. The number of rotatable bonds is 5. The molecule has 0 aliphatic heterocycles. The van der Waals surface area contributed by atoms with E-state index >= 15 is 0 Å². The molecule has 0 atom stereocenters. The number of ether oxygens (including phenoxy) is 1. The Kier molecular flexibility index (Phi) is 4.89. The van der Waals surface area contributed by atoms with Crippen molar-refractivity contribution in [2.75, 3.05) is 11.1 Å². The highest BCUT2D eigenvalue weighted by Crippen LogP contribution is 2.21. The molecule has 4 rings (SSSR count). The van der Waals surface area contributed by atoms with Crippen molar-refractivity contribution in [3.63, 3.8) is 0 Å². The first kappa shape index (κ1) is 17.5. The van der Waals surface area contributed by atoms with Gasteiger partial charge in [-0.1, -0.05) is 36.4 Å². The van der Waals surface area contributed by atoms with Gasteiger partial charge in [-0.15, -0.1) is 0 Å². The monoisotopic (exact) mass is 369 g/mol. The summed E-state index contributed by atoms with van der Waals surface area (Å²) in [5.41, 5.74) is 8.59. The van der Waals surface area contributed by atoms with E-state index in [4.69, 9.17) is 10.5 Å². The molecule has 1 heterocycles. The van der Waals surface area contributed by atoms with Crippen molar-refractivity contribution >= 4 is 28.3 Å². The van der Waals surface area contributed by atoms with Gasteiger partial charge in [-0.25, -0.2) is 4.98 Å². The Morgan fingerprint density at radius 2 is 1.71 bits per heavy atom. The first-order valence-corrected chi connectivity index (χ1v) is 8.92. The lowest BCUT2D eigenvalue weighted by atomic mass is 10.1.